The Hall–Kier alpha value is -5.03. The quantitative estimate of drug-likeness (QED) is 0.184. The van der Waals surface area contributed by atoms with E-state index in [2.05, 4.69) is 20.5 Å². The Labute approximate surface area is 219 Å². The van der Waals surface area contributed by atoms with E-state index in [1.165, 1.54) is 30.0 Å². The number of hydrogen-bond acceptors (Lipinski definition) is 7. The third-order valence-electron chi connectivity index (χ3n) is 5.98. The number of aromatic amines is 1. The molecule has 0 aliphatic rings. The van der Waals surface area contributed by atoms with Crippen LogP contribution in [0, 0.1) is 10.1 Å². The second-order valence-electron chi connectivity index (χ2n) is 8.40. The topological polar surface area (TPSA) is 140 Å². The molecule has 0 fully saturated rings. The molecule has 0 atom stereocenters. The largest absolute Gasteiger partial charge is 0.329 e. The zero-order valence-corrected chi connectivity index (χ0v) is 20.7. The van der Waals surface area contributed by atoms with Gasteiger partial charge < -0.3 is 0 Å². The lowest BCUT2D eigenvalue weighted by molar-refractivity contribution is -0.384. The first-order chi connectivity index (χ1) is 18.3. The second kappa shape index (κ2) is 10.1. The fourth-order valence-electron chi connectivity index (χ4n) is 4.11. The number of nitro groups is 1. The zero-order valence-electron chi connectivity index (χ0n) is 20.0. The van der Waals surface area contributed by atoms with Gasteiger partial charge in [0.25, 0.3) is 11.2 Å². The number of allylic oxidation sites excluding steroid dienone is 1. The second-order valence-corrected chi connectivity index (χ2v) is 8.83. The maximum absolute atomic E-state index is 12.8. The Morgan fingerprint density at radius 1 is 1.13 bits per heavy atom. The van der Waals surface area contributed by atoms with Crippen LogP contribution < -0.4 is 16.7 Å². The highest BCUT2D eigenvalue weighted by molar-refractivity contribution is 6.41. The van der Waals surface area contributed by atoms with Crippen molar-refractivity contribution in [1.29, 1.82) is 0 Å². The molecule has 11 nitrogen and oxygen atoms in total. The summed E-state index contributed by atoms with van der Waals surface area (Å²) in [5.74, 6) is 0.232. The van der Waals surface area contributed by atoms with E-state index in [0.29, 0.717) is 5.56 Å². The first-order valence-electron chi connectivity index (χ1n) is 11.4. The van der Waals surface area contributed by atoms with Gasteiger partial charge in [-0.3, -0.25) is 29.0 Å². The molecule has 0 saturated carbocycles. The number of halogens is 1. The number of rotatable bonds is 7. The third kappa shape index (κ3) is 4.82. The molecule has 38 heavy (non-hydrogen) atoms. The van der Waals surface area contributed by atoms with Gasteiger partial charge in [0.1, 0.15) is 0 Å². The van der Waals surface area contributed by atoms with Crippen LogP contribution in [0.25, 0.3) is 28.0 Å². The third-order valence-corrected chi connectivity index (χ3v) is 6.18. The van der Waals surface area contributed by atoms with Gasteiger partial charge in [0, 0.05) is 19.2 Å². The molecule has 5 aromatic rings. The molecular formula is C26H20ClN7O4. The maximum Gasteiger partial charge on any atom is 0.329 e. The molecule has 0 aliphatic carbocycles. The van der Waals surface area contributed by atoms with Crippen LogP contribution in [0.3, 0.4) is 0 Å². The molecule has 0 aliphatic heterocycles. The molecule has 0 bridgehead atoms. The number of fused-ring (bicyclic) bond motifs is 2. The minimum absolute atomic E-state index is 0.0249. The number of non-ortho nitro benzene ring substituents is 1. The summed E-state index contributed by atoms with van der Waals surface area (Å²) in [6.07, 6.45) is 2.93. The van der Waals surface area contributed by atoms with E-state index in [1.54, 1.807) is 22.8 Å². The average Bonchev–Trinajstić information content (AvgIpc) is 3.26. The van der Waals surface area contributed by atoms with Gasteiger partial charge >= 0.3 is 5.69 Å². The SMILES string of the molecule is Cn1c(=O)[nH]c(=O)c2c1nc(N/N=C/C(Cl)=C/c1ccc([N+](=O)[O-])cc1)n2Cc1cccc2ccccc12. The molecule has 2 heterocycles. The molecule has 0 unspecified atom stereocenters. The van der Waals surface area contributed by atoms with Gasteiger partial charge in [-0.2, -0.15) is 10.1 Å². The molecule has 2 N–H and O–H groups in total. The van der Waals surface area contributed by atoms with Gasteiger partial charge in [-0.1, -0.05) is 54.1 Å². The number of anilines is 1. The van der Waals surface area contributed by atoms with Crippen molar-refractivity contribution in [3.63, 3.8) is 0 Å². The molecule has 0 saturated heterocycles. The fraction of sp³-hybridized carbons (Fsp3) is 0.0769. The highest BCUT2D eigenvalue weighted by Crippen LogP contribution is 2.23. The Kier molecular flexibility index (Phi) is 6.58. The summed E-state index contributed by atoms with van der Waals surface area (Å²) >= 11 is 6.28. The van der Waals surface area contributed by atoms with Crippen LogP contribution >= 0.6 is 11.6 Å². The lowest BCUT2D eigenvalue weighted by Crippen LogP contribution is -2.29. The number of benzene rings is 3. The van der Waals surface area contributed by atoms with E-state index in [-0.39, 0.29) is 34.4 Å². The summed E-state index contributed by atoms with van der Waals surface area (Å²) in [7, 11) is 1.52. The Balaban J connectivity index is 1.51. The highest BCUT2D eigenvalue weighted by Gasteiger charge is 2.18. The Morgan fingerprint density at radius 2 is 1.87 bits per heavy atom. The van der Waals surface area contributed by atoms with Crippen LogP contribution in [-0.4, -0.2) is 30.2 Å². The summed E-state index contributed by atoms with van der Waals surface area (Å²) in [5.41, 5.74) is 3.66. The average molecular weight is 530 g/mol. The highest BCUT2D eigenvalue weighted by atomic mass is 35.5. The van der Waals surface area contributed by atoms with Gasteiger partial charge in [-0.15, -0.1) is 0 Å². The van der Waals surface area contributed by atoms with E-state index in [1.807, 2.05) is 42.5 Å². The van der Waals surface area contributed by atoms with Gasteiger partial charge in [0.15, 0.2) is 11.2 Å². The molecule has 0 spiro atoms. The van der Waals surface area contributed by atoms with Crippen molar-refractivity contribution in [3.05, 3.63) is 114 Å². The predicted octanol–water partition coefficient (Wildman–Crippen LogP) is 4.21. The number of hydrazone groups is 1. The summed E-state index contributed by atoms with van der Waals surface area (Å²) in [5, 5.41) is 17.3. The van der Waals surface area contributed by atoms with E-state index < -0.39 is 16.2 Å². The zero-order chi connectivity index (χ0) is 26.8. The molecule has 190 valence electrons. The number of aromatic nitrogens is 4. The first kappa shape index (κ1) is 24.7. The monoisotopic (exact) mass is 529 g/mol. The maximum atomic E-state index is 12.8. The van der Waals surface area contributed by atoms with E-state index in [4.69, 9.17) is 11.6 Å². The molecule has 0 amide bonds. The van der Waals surface area contributed by atoms with Crippen molar-refractivity contribution in [3.8, 4) is 0 Å². The number of imidazole rings is 1. The van der Waals surface area contributed by atoms with Gasteiger partial charge in [0.2, 0.25) is 5.95 Å². The molecule has 2 aromatic heterocycles. The molecule has 12 heteroatoms. The Bertz CT molecular complexity index is 1860. The normalized spacial score (nSPS) is 12.0. The summed E-state index contributed by atoms with van der Waals surface area (Å²) < 4.78 is 2.91. The van der Waals surface area contributed by atoms with E-state index >= 15 is 0 Å². The summed E-state index contributed by atoms with van der Waals surface area (Å²) in [4.78, 5) is 42.2. The Morgan fingerprint density at radius 3 is 2.63 bits per heavy atom. The summed E-state index contributed by atoms with van der Waals surface area (Å²) in [6, 6.07) is 19.7. The van der Waals surface area contributed by atoms with E-state index in [9.17, 15) is 19.7 Å². The molecular weight excluding hydrogens is 510 g/mol. The van der Waals surface area contributed by atoms with Crippen molar-refractivity contribution >= 4 is 57.5 Å². The predicted molar refractivity (Wildman–Crippen MR) is 148 cm³/mol. The lowest BCUT2D eigenvalue weighted by Gasteiger charge is -2.11. The first-order valence-corrected chi connectivity index (χ1v) is 11.8. The smallest absolute Gasteiger partial charge is 0.298 e. The van der Waals surface area contributed by atoms with Crippen molar-refractivity contribution in [2.75, 3.05) is 5.43 Å². The van der Waals surface area contributed by atoms with E-state index in [0.717, 1.165) is 16.3 Å². The molecule has 3 aromatic carbocycles. The number of nitro benzene ring substituents is 1. The van der Waals surface area contributed by atoms with Crippen LogP contribution in [0.1, 0.15) is 11.1 Å². The van der Waals surface area contributed by atoms with Crippen LogP contribution in [0.5, 0.6) is 0 Å². The van der Waals surface area contributed by atoms with Crippen molar-refractivity contribution in [1.82, 2.24) is 19.1 Å². The lowest BCUT2D eigenvalue weighted by atomic mass is 10.0. The van der Waals surface area contributed by atoms with Gasteiger partial charge in [-0.05, 0) is 40.1 Å². The van der Waals surface area contributed by atoms with Crippen molar-refractivity contribution in [2.24, 2.45) is 12.1 Å². The van der Waals surface area contributed by atoms with Crippen LogP contribution in [0.4, 0.5) is 11.6 Å². The van der Waals surface area contributed by atoms with Gasteiger partial charge in [0.05, 0.1) is 22.7 Å². The van der Waals surface area contributed by atoms with Crippen molar-refractivity contribution < 1.29 is 4.92 Å². The number of aryl methyl sites for hydroxylation is 1. The van der Waals surface area contributed by atoms with Gasteiger partial charge in [-0.25, -0.2) is 10.2 Å². The number of nitrogens with zero attached hydrogens (tertiary/aromatic N) is 5. The van der Waals surface area contributed by atoms with Crippen LogP contribution in [-0.2, 0) is 13.6 Å². The number of nitrogens with one attached hydrogen (secondary N) is 2. The molecule has 5 rings (SSSR count). The number of H-pyrrole nitrogens is 1. The minimum atomic E-state index is -0.582. The van der Waals surface area contributed by atoms with Crippen LogP contribution in [0.15, 0.2) is 86.5 Å². The van der Waals surface area contributed by atoms with Crippen molar-refractivity contribution in [2.45, 2.75) is 6.54 Å². The fourth-order valence-corrected chi connectivity index (χ4v) is 4.29. The minimum Gasteiger partial charge on any atom is -0.298 e. The molecule has 0 radical (unpaired) electrons. The summed E-state index contributed by atoms with van der Waals surface area (Å²) in [6.45, 7) is 0.281. The van der Waals surface area contributed by atoms with Crippen LogP contribution in [0.2, 0.25) is 0 Å². The number of hydrogen-bond donors (Lipinski definition) is 2. The standard InChI is InChI=1S/C26H20ClN7O4/c1-32-23-22(24(35)30-26(32)36)33(15-18-7-4-6-17-5-2-3-8-21(17)18)25(29-23)31-28-14-19(27)13-16-9-11-20(12-10-16)34(37)38/h2-14H,15H2,1H3,(H,29,31)(H,30,35,36)/b19-13-,28-14+.